The van der Waals surface area contributed by atoms with Crippen molar-refractivity contribution in [1.82, 2.24) is 34.5 Å². The number of aliphatic carboxylic acids is 1. The van der Waals surface area contributed by atoms with Gasteiger partial charge in [0.2, 0.25) is 29.5 Å². The number of anilines is 2. The number of aromatic nitrogens is 2. The Hall–Kier alpha value is -11.3. The van der Waals surface area contributed by atoms with E-state index in [9.17, 15) is 60.3 Å². The topological polar surface area (TPSA) is 380 Å². The van der Waals surface area contributed by atoms with Crippen molar-refractivity contribution in [2.24, 2.45) is 17.6 Å². The van der Waals surface area contributed by atoms with E-state index in [2.05, 4.69) is 25.4 Å². The van der Waals surface area contributed by atoms with Crippen molar-refractivity contribution in [3.8, 4) is 45.5 Å². The first kappa shape index (κ1) is 79.8. The Morgan fingerprint density at radius 1 is 0.555 bits per heavy atom. The summed E-state index contributed by atoms with van der Waals surface area (Å²) in [6, 6.07) is 44.0. The van der Waals surface area contributed by atoms with Crippen molar-refractivity contribution in [3.63, 3.8) is 0 Å². The number of hydrogen-bond donors (Lipinski definition) is 7. The smallest absolute Gasteiger partial charge is 0.326 e. The number of ether oxygens (including phenoxy) is 4. The molecule has 6 aliphatic rings. The van der Waals surface area contributed by atoms with Gasteiger partial charge < -0.3 is 55.5 Å². The molecule has 0 spiro atoms. The lowest BCUT2D eigenvalue weighted by Crippen LogP contribution is -2.56. The maximum atomic E-state index is 14.2. The van der Waals surface area contributed by atoms with Crippen LogP contribution >= 0.6 is 12.4 Å². The minimum absolute atomic E-state index is 0. The van der Waals surface area contributed by atoms with Crippen LogP contribution in [0.4, 0.5) is 11.4 Å². The minimum Gasteiger partial charge on any atom is -0.497 e. The maximum Gasteiger partial charge on any atom is 0.326 e. The highest BCUT2D eigenvalue weighted by Gasteiger charge is 2.62. The molecule has 2 aliphatic carbocycles. The van der Waals surface area contributed by atoms with Crippen LogP contribution in [0.2, 0.25) is 0 Å². The maximum absolute atomic E-state index is 14.2. The lowest BCUT2D eigenvalue weighted by atomic mass is 10.1. The molecule has 8 aromatic rings. The van der Waals surface area contributed by atoms with Crippen LogP contribution in [0.25, 0.3) is 44.3 Å². The highest BCUT2D eigenvalue weighted by atomic mass is 35.5. The average molecular weight is 1560 g/mol. The number of nitrogens with one attached hydrogen (secondary N) is 5. The van der Waals surface area contributed by atoms with Crippen LogP contribution in [-0.2, 0) is 58.4 Å². The van der Waals surface area contributed by atoms with Crippen molar-refractivity contribution in [3.05, 3.63) is 182 Å². The van der Waals surface area contributed by atoms with E-state index in [0.29, 0.717) is 78.3 Å². The highest BCUT2D eigenvalue weighted by molar-refractivity contribution is 7.90. The molecule has 6 aromatic carbocycles. The molecule has 8 N–H and O–H groups in total. The first-order valence-corrected chi connectivity index (χ1v) is 38.8. The number of nitrogens with two attached hydrogens (primary N) is 1. The molecule has 4 aliphatic heterocycles. The fourth-order valence-corrected chi connectivity index (χ4v) is 16.3. The number of methoxy groups -OCH3 is 2. The third kappa shape index (κ3) is 18.4. The summed E-state index contributed by atoms with van der Waals surface area (Å²) in [6.07, 6.45) is 12.1. The fraction of sp³-hybridized carbons (Fsp3) is 0.325. The van der Waals surface area contributed by atoms with Gasteiger partial charge in [-0.1, -0.05) is 109 Å². The molecule has 27 nitrogen and oxygen atoms in total. The number of halogens is 1. The molecular weight excluding hydrogens is 1470 g/mol. The number of carbonyl (C=O) groups excluding carboxylic acids is 7. The molecule has 8 atom stereocenters. The number of sulfonamides is 2. The second-order valence-corrected chi connectivity index (χ2v) is 30.9. The van der Waals surface area contributed by atoms with Crippen LogP contribution in [0.5, 0.6) is 23.0 Å². The molecule has 0 radical (unpaired) electrons. The Labute approximate surface area is 642 Å². The summed E-state index contributed by atoms with van der Waals surface area (Å²) >= 11 is 0. The van der Waals surface area contributed by atoms with Crippen molar-refractivity contribution in [2.45, 2.75) is 136 Å². The van der Waals surface area contributed by atoms with Crippen LogP contribution in [-0.4, -0.2) is 152 Å². The van der Waals surface area contributed by atoms with Gasteiger partial charge in [-0.2, -0.15) is 0 Å². The van der Waals surface area contributed by atoms with Gasteiger partial charge in [0.1, 0.15) is 68.2 Å². The van der Waals surface area contributed by atoms with Gasteiger partial charge in [0.15, 0.2) is 0 Å². The second kappa shape index (κ2) is 34.1. The Kier molecular flexibility index (Phi) is 24.7. The fourth-order valence-electron chi connectivity index (χ4n) is 13.9. The van der Waals surface area contributed by atoms with Crippen LogP contribution in [0.1, 0.15) is 90.9 Å². The van der Waals surface area contributed by atoms with Gasteiger partial charge in [0.05, 0.1) is 61.1 Å². The number of pyridine rings is 2. The molecule has 7 amide bonds. The van der Waals surface area contributed by atoms with Crippen LogP contribution < -0.4 is 50.1 Å². The predicted molar refractivity (Wildman–Crippen MR) is 413 cm³/mol. The van der Waals surface area contributed by atoms with Gasteiger partial charge in [0.25, 0.3) is 31.9 Å². The molecule has 2 saturated carbocycles. The lowest BCUT2D eigenvalue weighted by molar-refractivity contribution is -0.147. The molecule has 14 rings (SSSR count). The van der Waals surface area contributed by atoms with Crippen LogP contribution in [0.15, 0.2) is 192 Å². The summed E-state index contributed by atoms with van der Waals surface area (Å²) in [7, 11) is -5.43. The first-order valence-electron chi connectivity index (χ1n) is 35.8. The molecule has 2 aromatic heterocycles. The number of carboxylic acids is 1. The molecule has 6 heterocycles. The van der Waals surface area contributed by atoms with Gasteiger partial charge in [-0.05, 0) is 99.9 Å². The van der Waals surface area contributed by atoms with E-state index < -0.39 is 85.0 Å². The van der Waals surface area contributed by atoms with Gasteiger partial charge >= 0.3 is 5.97 Å². The zero-order valence-corrected chi connectivity index (χ0v) is 63.2. The third-order valence-electron chi connectivity index (χ3n) is 20.0. The Morgan fingerprint density at radius 2 is 0.991 bits per heavy atom. The third-order valence-corrected chi connectivity index (χ3v) is 22.8. The number of nitrogens with zero attached hydrogens (tertiary/aromatic N) is 4. The minimum atomic E-state index is -4.47. The zero-order valence-electron chi connectivity index (χ0n) is 60.8. The van der Waals surface area contributed by atoms with Crippen LogP contribution in [0, 0.1) is 11.8 Å². The van der Waals surface area contributed by atoms with E-state index >= 15 is 0 Å². The van der Waals surface area contributed by atoms with Gasteiger partial charge in [0, 0.05) is 97.5 Å². The summed E-state index contributed by atoms with van der Waals surface area (Å²) in [5.41, 5.74) is 8.05. The van der Waals surface area contributed by atoms with Crippen molar-refractivity contribution < 1.29 is 79.2 Å². The summed E-state index contributed by atoms with van der Waals surface area (Å²) in [6.45, 7) is 3.07. The van der Waals surface area contributed by atoms with Crippen molar-refractivity contribution >= 4 is 113 Å². The molecule has 0 unspecified atom stereocenters. The number of allylic oxidation sites excluding steroid dienone is 2. The lowest BCUT2D eigenvalue weighted by Gasteiger charge is -2.25. The van der Waals surface area contributed by atoms with E-state index in [1.54, 1.807) is 38.5 Å². The number of hydrogen-bond acceptors (Lipinski definition) is 19. The van der Waals surface area contributed by atoms with Gasteiger partial charge in [-0.15, -0.1) is 12.4 Å². The molecule has 0 bridgehead atoms. The number of carboxylic acid groups (broad SMARTS) is 1. The molecule has 110 heavy (non-hydrogen) atoms. The number of para-hydroxylation sites is 2. The predicted octanol–water partition coefficient (Wildman–Crippen LogP) is 9.79. The zero-order chi connectivity index (χ0) is 77.4. The summed E-state index contributed by atoms with van der Waals surface area (Å²) in [5.74, 6) is -2.71. The highest BCUT2D eigenvalue weighted by Crippen LogP contribution is 2.47. The van der Waals surface area contributed by atoms with E-state index in [1.165, 1.54) is 60.0 Å². The second-order valence-electron chi connectivity index (χ2n) is 27.6. The number of fused-ring (bicyclic) bond motifs is 6. The van der Waals surface area contributed by atoms with E-state index in [0.717, 1.165) is 40.4 Å². The van der Waals surface area contributed by atoms with Gasteiger partial charge in [-0.25, -0.2) is 41.0 Å². The summed E-state index contributed by atoms with van der Waals surface area (Å²) in [5, 5.41) is 19.1. The number of rotatable bonds is 11. The molecule has 576 valence electrons. The number of benzene rings is 6. The molecule has 2 saturated heterocycles. The largest absolute Gasteiger partial charge is 0.497 e. The standard InChI is InChI=1S/C40H41N5O8S.C23H22N2O5.C17H21N3O4S.ClH/c1-25(46)45-24-29(53-35-22-32(26-12-6-5-7-13-26)41-33-20-28(52-2)18-19-30(33)35)21-34(45)38(48)43-40-23-27(40)14-8-3-4-9-17-37(47)42-31-15-10-11-16-36(31)54(50,51)44-39(40)49;1-14(26)25-13-17(11-21(25)23(27)28)30-22-12-19(15-6-4-3-5-7-15)24-20-10-16(29-2)8-9-18(20)22;18-17-11-12(17)7-3-1-2-4-10-15(21)19-13-8-5-6-9-14(13)25(23,24)20-16(17)22;/h5-8,10-16,18-20,22,27,29,34H,3-4,9,17,21,23-24H2,1-2H3,(H,42,47)(H,43,48)(H,44,49);3-10,12,17,21H,11,13H2,1-2H3,(H,27,28);3,5-9,12H,1-2,4,10-11,18H2,(H,19,21)(H,20,22);1H/b14-8+;;7-3+;/t27-,29-,34+,40-;17-,21+;12-,17-;/m111./s1. The molecular formula is C80H85ClN10O17S2. The number of carbonyl (C=O) groups is 8. The normalized spacial score (nSPS) is 23.9. The van der Waals surface area contributed by atoms with Crippen LogP contribution in [0.3, 0.4) is 0 Å². The Balaban J connectivity index is 0.000000180. The molecule has 4 fully saturated rings. The Morgan fingerprint density at radius 3 is 1.45 bits per heavy atom. The van der Waals surface area contributed by atoms with Crippen molar-refractivity contribution in [2.75, 3.05) is 37.9 Å². The Bertz CT molecular complexity index is 5130. The monoisotopic (exact) mass is 1560 g/mol. The summed E-state index contributed by atoms with van der Waals surface area (Å²) < 4.78 is 80.2. The SMILES string of the molecule is COc1ccc2c(O[C@@H]3C[C@@H](C(=O)N[C@]45C[C@H]4/C=C/CCCCC(=O)Nc4ccccc4S(=O)(=O)NC5=O)N(C(C)=O)C3)cc(-c3ccccc3)nc2c1.COc1ccc2c(O[C@@H]3C[C@@H](C(=O)O)N(C(C)=O)C3)cc(-c3ccccc3)nc2c1.Cl.N[C@]12C[C@H]1/C=C/CCCCC(=O)Nc1ccccc1S(=O)(=O)NC2=O. The molecule has 30 heteroatoms. The van der Waals surface area contributed by atoms with Crippen molar-refractivity contribution in [1.29, 1.82) is 0 Å². The quantitative estimate of drug-likeness (QED) is 0.0592. The summed E-state index contributed by atoms with van der Waals surface area (Å²) in [4.78, 5) is 113. The number of amides is 7. The first-order chi connectivity index (χ1) is 52.3. The average Bonchev–Trinajstić information content (AvgIpc) is 1.57. The van der Waals surface area contributed by atoms with E-state index in [4.69, 9.17) is 34.6 Å². The van der Waals surface area contributed by atoms with E-state index in [1.807, 2.05) is 121 Å². The van der Waals surface area contributed by atoms with Gasteiger partial charge in [-0.3, -0.25) is 33.6 Å². The van der Waals surface area contributed by atoms with E-state index in [-0.39, 0.29) is 102 Å². The number of likely N-dealkylation sites (tertiary alicyclic amines) is 2.